The Bertz CT molecular complexity index is 337. The van der Waals surface area contributed by atoms with Crippen LogP contribution in [0.4, 0.5) is 13.2 Å². The van der Waals surface area contributed by atoms with Crippen LogP contribution in [-0.2, 0) is 14.8 Å². The first-order valence-corrected chi connectivity index (χ1v) is 5.28. The Morgan fingerprint density at radius 2 is 1.73 bits per heavy atom. The highest BCUT2D eigenvalue weighted by Gasteiger charge is 2.47. The summed E-state index contributed by atoms with van der Waals surface area (Å²) in [5.74, 6) is -2.63. The van der Waals surface area contributed by atoms with Gasteiger partial charge in [-0.25, -0.2) is 13.1 Å². The Kier molecular flexibility index (Phi) is 4.11. The van der Waals surface area contributed by atoms with Crippen molar-refractivity contribution in [1.82, 2.24) is 4.72 Å². The van der Waals surface area contributed by atoms with Gasteiger partial charge < -0.3 is 5.11 Å². The number of sulfonamides is 1. The second kappa shape index (κ2) is 4.35. The fraction of sp³-hybridized carbons (Fsp3) is 0.833. The predicted molar refractivity (Wildman–Crippen MR) is 44.4 cm³/mol. The number of carboxylic acid groups (broad SMARTS) is 1. The van der Waals surface area contributed by atoms with E-state index in [1.54, 1.807) is 0 Å². The molecule has 0 fully saturated rings. The first-order valence-electron chi connectivity index (χ1n) is 3.80. The van der Waals surface area contributed by atoms with Crippen LogP contribution in [0.1, 0.15) is 13.8 Å². The summed E-state index contributed by atoms with van der Waals surface area (Å²) < 4.78 is 57.9. The standard InChI is InChI=1S/C6H10F3NO4S/c1-3(5(11)12)4(2)10-15(13,14)6(7,8)9/h3-4,10H,1-2H3,(H,11,12). The van der Waals surface area contributed by atoms with E-state index in [0.717, 1.165) is 13.8 Å². The third-order valence-electron chi connectivity index (χ3n) is 1.79. The molecule has 0 bridgehead atoms. The average molecular weight is 249 g/mol. The molecule has 2 unspecified atom stereocenters. The van der Waals surface area contributed by atoms with Gasteiger partial charge in [0.2, 0.25) is 0 Å². The molecule has 0 aliphatic rings. The van der Waals surface area contributed by atoms with E-state index in [2.05, 4.69) is 0 Å². The Labute approximate surface area is 84.3 Å². The van der Waals surface area contributed by atoms with E-state index >= 15 is 0 Å². The van der Waals surface area contributed by atoms with Gasteiger partial charge in [0.1, 0.15) is 0 Å². The van der Waals surface area contributed by atoms with Crippen molar-refractivity contribution in [3.63, 3.8) is 0 Å². The van der Waals surface area contributed by atoms with Crippen LogP contribution in [0.2, 0.25) is 0 Å². The minimum Gasteiger partial charge on any atom is -0.481 e. The lowest BCUT2D eigenvalue weighted by Gasteiger charge is -2.18. The van der Waals surface area contributed by atoms with Gasteiger partial charge in [-0.05, 0) is 6.92 Å². The van der Waals surface area contributed by atoms with Crippen LogP contribution in [0.5, 0.6) is 0 Å². The molecule has 0 aromatic carbocycles. The highest BCUT2D eigenvalue weighted by molar-refractivity contribution is 7.90. The molecule has 0 saturated heterocycles. The van der Waals surface area contributed by atoms with Crippen LogP contribution in [0, 0.1) is 5.92 Å². The average Bonchev–Trinajstić information content (AvgIpc) is 1.99. The van der Waals surface area contributed by atoms with Crippen molar-refractivity contribution in [2.45, 2.75) is 25.4 Å². The van der Waals surface area contributed by atoms with E-state index in [0.29, 0.717) is 0 Å². The van der Waals surface area contributed by atoms with E-state index in [-0.39, 0.29) is 0 Å². The van der Waals surface area contributed by atoms with Crippen LogP contribution in [0.25, 0.3) is 0 Å². The maximum Gasteiger partial charge on any atom is 0.511 e. The van der Waals surface area contributed by atoms with E-state index in [1.807, 2.05) is 0 Å². The van der Waals surface area contributed by atoms with Crippen LogP contribution in [-0.4, -0.2) is 31.0 Å². The summed E-state index contributed by atoms with van der Waals surface area (Å²) in [5.41, 5.74) is -5.43. The first-order chi connectivity index (χ1) is 6.49. The highest BCUT2D eigenvalue weighted by atomic mass is 32.2. The molecule has 9 heteroatoms. The lowest BCUT2D eigenvalue weighted by molar-refractivity contribution is -0.141. The Morgan fingerprint density at radius 3 is 2.00 bits per heavy atom. The number of halogens is 3. The van der Waals surface area contributed by atoms with Crippen molar-refractivity contribution >= 4 is 16.0 Å². The fourth-order valence-electron chi connectivity index (χ4n) is 0.627. The van der Waals surface area contributed by atoms with Crippen molar-refractivity contribution < 1.29 is 31.5 Å². The van der Waals surface area contributed by atoms with Gasteiger partial charge in [0.05, 0.1) is 5.92 Å². The van der Waals surface area contributed by atoms with E-state index in [9.17, 15) is 26.4 Å². The van der Waals surface area contributed by atoms with Gasteiger partial charge in [-0.15, -0.1) is 0 Å². The molecule has 90 valence electrons. The smallest absolute Gasteiger partial charge is 0.481 e. The first kappa shape index (κ1) is 14.2. The third-order valence-corrected chi connectivity index (χ3v) is 3.08. The molecular formula is C6H10F3NO4S. The monoisotopic (exact) mass is 249 g/mol. The summed E-state index contributed by atoms with van der Waals surface area (Å²) >= 11 is 0. The minimum absolute atomic E-state index is 1.04. The summed E-state index contributed by atoms with van der Waals surface area (Å²) in [6, 6.07) is -1.34. The van der Waals surface area contributed by atoms with Gasteiger partial charge in [-0.1, -0.05) is 6.92 Å². The second-order valence-electron chi connectivity index (χ2n) is 2.98. The lowest BCUT2D eigenvalue weighted by atomic mass is 10.1. The van der Waals surface area contributed by atoms with Crippen LogP contribution >= 0.6 is 0 Å². The molecule has 2 N–H and O–H groups in total. The minimum atomic E-state index is -5.49. The summed E-state index contributed by atoms with van der Waals surface area (Å²) in [7, 11) is -5.49. The van der Waals surface area contributed by atoms with Crippen molar-refractivity contribution in [2.24, 2.45) is 5.92 Å². The summed E-state index contributed by atoms with van der Waals surface area (Å²) in [4.78, 5) is 10.4. The van der Waals surface area contributed by atoms with Crippen molar-refractivity contribution in [3.8, 4) is 0 Å². The van der Waals surface area contributed by atoms with E-state index in [1.165, 1.54) is 4.72 Å². The zero-order valence-corrected chi connectivity index (χ0v) is 8.69. The number of alkyl halides is 3. The second-order valence-corrected chi connectivity index (χ2v) is 4.69. The van der Waals surface area contributed by atoms with Gasteiger partial charge >= 0.3 is 21.5 Å². The summed E-state index contributed by atoms with van der Waals surface area (Å²) in [6.07, 6.45) is 0. The maximum absolute atomic E-state index is 11.9. The topological polar surface area (TPSA) is 83.5 Å². The molecular weight excluding hydrogens is 239 g/mol. The van der Waals surface area contributed by atoms with Gasteiger partial charge in [-0.2, -0.15) is 13.2 Å². The molecule has 0 aliphatic heterocycles. The summed E-state index contributed by atoms with van der Waals surface area (Å²) in [5, 5.41) is 8.44. The lowest BCUT2D eigenvalue weighted by Crippen LogP contribution is -2.45. The van der Waals surface area contributed by atoms with E-state index < -0.39 is 33.5 Å². The Balaban J connectivity index is 4.70. The number of hydrogen-bond donors (Lipinski definition) is 2. The maximum atomic E-state index is 11.9. The predicted octanol–water partition coefficient (Wildman–Crippen LogP) is 0.535. The molecule has 5 nitrogen and oxygen atoms in total. The van der Waals surface area contributed by atoms with Crippen molar-refractivity contribution in [1.29, 1.82) is 0 Å². The van der Waals surface area contributed by atoms with Crippen LogP contribution < -0.4 is 4.72 Å². The Morgan fingerprint density at radius 1 is 1.33 bits per heavy atom. The number of carbonyl (C=O) groups is 1. The molecule has 15 heavy (non-hydrogen) atoms. The molecule has 0 amide bonds. The molecule has 0 aliphatic carbocycles. The van der Waals surface area contributed by atoms with Crippen molar-refractivity contribution in [2.75, 3.05) is 0 Å². The quantitative estimate of drug-likeness (QED) is 0.761. The number of hydrogen-bond acceptors (Lipinski definition) is 3. The summed E-state index contributed by atoms with van der Waals surface area (Å²) in [6.45, 7) is 2.15. The van der Waals surface area contributed by atoms with Gasteiger partial charge in [0.15, 0.2) is 0 Å². The number of aliphatic carboxylic acids is 1. The molecule has 0 rings (SSSR count). The Hall–Kier alpha value is -0.830. The zero-order valence-electron chi connectivity index (χ0n) is 7.87. The number of nitrogens with one attached hydrogen (secondary N) is 1. The van der Waals surface area contributed by atoms with Gasteiger partial charge in [-0.3, -0.25) is 4.79 Å². The molecule has 0 aromatic rings. The normalized spacial score (nSPS) is 17.1. The van der Waals surface area contributed by atoms with Crippen LogP contribution in [0.3, 0.4) is 0 Å². The SMILES string of the molecule is CC(NS(=O)(=O)C(F)(F)F)C(C)C(=O)O. The molecule has 2 atom stereocenters. The largest absolute Gasteiger partial charge is 0.511 e. The van der Waals surface area contributed by atoms with Gasteiger partial charge in [0, 0.05) is 6.04 Å². The molecule has 0 aromatic heterocycles. The molecule has 0 saturated carbocycles. The van der Waals surface area contributed by atoms with E-state index in [4.69, 9.17) is 5.11 Å². The zero-order chi connectivity index (χ0) is 12.4. The molecule has 0 heterocycles. The van der Waals surface area contributed by atoms with Crippen LogP contribution in [0.15, 0.2) is 0 Å². The third kappa shape index (κ3) is 3.67. The molecule has 0 spiro atoms. The number of carboxylic acids is 1. The van der Waals surface area contributed by atoms with Crippen molar-refractivity contribution in [3.05, 3.63) is 0 Å². The fourth-order valence-corrected chi connectivity index (χ4v) is 1.45. The number of rotatable bonds is 4. The van der Waals surface area contributed by atoms with Gasteiger partial charge in [0.25, 0.3) is 0 Å². The highest BCUT2D eigenvalue weighted by Crippen LogP contribution is 2.22. The molecule has 0 radical (unpaired) electrons.